The zero-order valence-corrected chi connectivity index (χ0v) is 13.1. The Balaban J connectivity index is 2.24. The lowest BCUT2D eigenvalue weighted by Crippen LogP contribution is -2.29. The van der Waals surface area contributed by atoms with Crippen molar-refractivity contribution in [3.8, 4) is 6.07 Å². The molecule has 0 unspecified atom stereocenters. The Morgan fingerprint density at radius 1 is 1.33 bits per heavy atom. The number of hydrogen-bond acceptors (Lipinski definition) is 5. The summed E-state index contributed by atoms with van der Waals surface area (Å²) in [7, 11) is 0. The summed E-state index contributed by atoms with van der Waals surface area (Å²) in [6.45, 7) is 3.04. The molecular formula is C16H14N4O4. The Bertz CT molecular complexity index is 925. The van der Waals surface area contributed by atoms with E-state index in [0.717, 1.165) is 4.57 Å². The Kier molecular flexibility index (Phi) is 4.75. The molecule has 1 aromatic heterocycles. The zero-order chi connectivity index (χ0) is 17.9. The van der Waals surface area contributed by atoms with Gasteiger partial charge in [-0.25, -0.2) is 0 Å². The second-order valence-corrected chi connectivity index (χ2v) is 5.22. The van der Waals surface area contributed by atoms with Gasteiger partial charge in [0.2, 0.25) is 5.91 Å². The van der Waals surface area contributed by atoms with Crippen LogP contribution in [0.5, 0.6) is 0 Å². The number of nitrogens with zero attached hydrogens (tertiary/aromatic N) is 3. The molecule has 2 rings (SSSR count). The van der Waals surface area contributed by atoms with Crippen molar-refractivity contribution < 1.29 is 9.72 Å². The number of hydrogen-bond donors (Lipinski definition) is 1. The Labute approximate surface area is 137 Å². The third kappa shape index (κ3) is 3.47. The highest BCUT2D eigenvalue weighted by atomic mass is 16.6. The molecule has 0 radical (unpaired) electrons. The van der Waals surface area contributed by atoms with E-state index in [1.807, 2.05) is 6.07 Å². The summed E-state index contributed by atoms with van der Waals surface area (Å²) in [6.07, 6.45) is 1.43. The number of nitro groups is 1. The van der Waals surface area contributed by atoms with Gasteiger partial charge in [-0.05, 0) is 31.0 Å². The molecule has 8 heteroatoms. The van der Waals surface area contributed by atoms with Gasteiger partial charge in [-0.1, -0.05) is 6.07 Å². The van der Waals surface area contributed by atoms with E-state index in [1.54, 1.807) is 19.9 Å². The number of carbonyl (C=O) groups is 1. The molecule has 1 amide bonds. The molecule has 8 nitrogen and oxygen atoms in total. The Morgan fingerprint density at radius 2 is 2.04 bits per heavy atom. The largest absolute Gasteiger partial charge is 0.324 e. The first-order chi connectivity index (χ1) is 11.3. The second-order valence-electron chi connectivity index (χ2n) is 5.22. The van der Waals surface area contributed by atoms with E-state index in [4.69, 9.17) is 5.26 Å². The van der Waals surface area contributed by atoms with Crippen LogP contribution in [0.15, 0.2) is 35.3 Å². The molecule has 0 aliphatic carbocycles. The van der Waals surface area contributed by atoms with E-state index in [9.17, 15) is 19.7 Å². The molecule has 1 N–H and O–H groups in total. The van der Waals surface area contributed by atoms with Crippen molar-refractivity contribution in [1.29, 1.82) is 5.26 Å². The molecule has 24 heavy (non-hydrogen) atoms. The predicted octanol–water partition coefficient (Wildman–Crippen LogP) is 1.88. The fourth-order valence-electron chi connectivity index (χ4n) is 2.13. The number of pyridine rings is 1. The first-order valence-corrected chi connectivity index (χ1v) is 6.98. The highest BCUT2D eigenvalue weighted by Crippen LogP contribution is 2.21. The second kappa shape index (κ2) is 6.75. The number of rotatable bonds is 4. The van der Waals surface area contributed by atoms with Crippen LogP contribution in [0.25, 0.3) is 0 Å². The van der Waals surface area contributed by atoms with Crippen molar-refractivity contribution in [2.24, 2.45) is 0 Å². The van der Waals surface area contributed by atoms with Gasteiger partial charge in [0, 0.05) is 18.3 Å². The smallest absolute Gasteiger partial charge is 0.271 e. The minimum Gasteiger partial charge on any atom is -0.324 e. The minimum atomic E-state index is -0.557. The first-order valence-electron chi connectivity index (χ1n) is 6.98. The number of aromatic nitrogens is 1. The summed E-state index contributed by atoms with van der Waals surface area (Å²) in [5.74, 6) is -0.520. The first kappa shape index (κ1) is 16.9. The summed E-state index contributed by atoms with van der Waals surface area (Å²) in [5, 5.41) is 22.3. The lowest BCUT2D eigenvalue weighted by Gasteiger charge is -2.10. The summed E-state index contributed by atoms with van der Waals surface area (Å²) >= 11 is 0. The molecule has 0 fully saturated rings. The van der Waals surface area contributed by atoms with E-state index in [-0.39, 0.29) is 17.8 Å². The number of carbonyl (C=O) groups excluding carboxylic acids is 1. The fraction of sp³-hybridized carbons (Fsp3) is 0.188. The van der Waals surface area contributed by atoms with Crippen molar-refractivity contribution in [3.05, 3.63) is 67.6 Å². The average molecular weight is 326 g/mol. The van der Waals surface area contributed by atoms with Gasteiger partial charge < -0.3 is 9.88 Å². The highest BCUT2D eigenvalue weighted by molar-refractivity contribution is 5.91. The predicted molar refractivity (Wildman–Crippen MR) is 86.6 cm³/mol. The maximum absolute atomic E-state index is 12.1. The van der Waals surface area contributed by atoms with Crippen LogP contribution in [0.4, 0.5) is 11.4 Å². The molecule has 0 aliphatic heterocycles. The Hall–Kier alpha value is -3.47. The monoisotopic (exact) mass is 326 g/mol. The van der Waals surface area contributed by atoms with Crippen molar-refractivity contribution in [2.75, 3.05) is 5.32 Å². The van der Waals surface area contributed by atoms with Crippen LogP contribution in [0.2, 0.25) is 0 Å². The fourth-order valence-corrected chi connectivity index (χ4v) is 2.13. The van der Waals surface area contributed by atoms with Crippen LogP contribution in [-0.2, 0) is 11.3 Å². The summed E-state index contributed by atoms with van der Waals surface area (Å²) in [4.78, 5) is 34.5. The molecular weight excluding hydrogens is 312 g/mol. The maximum Gasteiger partial charge on any atom is 0.271 e. The number of nitrogens with one attached hydrogen (secondary N) is 1. The number of benzene rings is 1. The van der Waals surface area contributed by atoms with Crippen molar-refractivity contribution in [1.82, 2.24) is 4.57 Å². The van der Waals surface area contributed by atoms with Crippen LogP contribution in [0, 0.1) is 35.3 Å². The van der Waals surface area contributed by atoms with Gasteiger partial charge in [-0.3, -0.25) is 19.7 Å². The molecule has 0 saturated heterocycles. The molecule has 0 aliphatic rings. The summed E-state index contributed by atoms with van der Waals surface area (Å²) in [6, 6.07) is 7.52. The van der Waals surface area contributed by atoms with Gasteiger partial charge in [-0.2, -0.15) is 5.26 Å². The molecule has 0 saturated carbocycles. The summed E-state index contributed by atoms with van der Waals surface area (Å²) < 4.78 is 1.12. The lowest BCUT2D eigenvalue weighted by molar-refractivity contribution is -0.384. The molecule has 2 aromatic rings. The number of nitro benzene ring substituents is 1. The van der Waals surface area contributed by atoms with Crippen molar-refractivity contribution in [2.45, 2.75) is 20.4 Å². The van der Waals surface area contributed by atoms with E-state index in [2.05, 4.69) is 5.32 Å². The van der Waals surface area contributed by atoms with Crippen LogP contribution < -0.4 is 10.9 Å². The SMILES string of the molecule is Cc1ccc([N+](=O)[O-])cc1NC(=O)Cn1ccc(C)c(C#N)c1=O. The zero-order valence-electron chi connectivity index (χ0n) is 13.1. The van der Waals surface area contributed by atoms with Crippen LogP contribution in [-0.4, -0.2) is 15.4 Å². The third-order valence-corrected chi connectivity index (χ3v) is 3.51. The molecule has 1 aromatic carbocycles. The number of aryl methyl sites for hydroxylation is 2. The van der Waals surface area contributed by atoms with E-state index >= 15 is 0 Å². The standard InChI is InChI=1S/C16H14N4O4/c1-10-5-6-19(16(22)13(10)8-17)9-15(21)18-14-7-12(20(23)24)4-3-11(14)2/h3-7H,9H2,1-2H3,(H,18,21). The number of anilines is 1. The number of non-ortho nitro benzene ring substituents is 1. The lowest BCUT2D eigenvalue weighted by atomic mass is 10.1. The van der Waals surface area contributed by atoms with Gasteiger partial charge >= 0.3 is 0 Å². The molecule has 1 heterocycles. The van der Waals surface area contributed by atoms with Crippen molar-refractivity contribution >= 4 is 17.3 Å². The van der Waals surface area contributed by atoms with Crippen LogP contribution in [0.1, 0.15) is 16.7 Å². The van der Waals surface area contributed by atoms with Gasteiger partial charge in [0.15, 0.2) is 0 Å². The highest BCUT2D eigenvalue weighted by Gasteiger charge is 2.13. The molecule has 0 atom stereocenters. The molecule has 122 valence electrons. The quantitative estimate of drug-likeness (QED) is 0.680. The number of nitriles is 1. The normalized spacial score (nSPS) is 10.0. The van der Waals surface area contributed by atoms with Crippen molar-refractivity contribution in [3.63, 3.8) is 0 Å². The van der Waals surface area contributed by atoms with Crippen LogP contribution >= 0.6 is 0 Å². The topological polar surface area (TPSA) is 118 Å². The number of amides is 1. The minimum absolute atomic E-state index is 0.0168. The van der Waals surface area contributed by atoms with E-state index in [1.165, 1.54) is 24.4 Å². The van der Waals surface area contributed by atoms with Gasteiger partial charge in [0.1, 0.15) is 18.2 Å². The van der Waals surface area contributed by atoms with Gasteiger partial charge in [0.25, 0.3) is 11.2 Å². The van der Waals surface area contributed by atoms with E-state index in [0.29, 0.717) is 16.8 Å². The molecule has 0 spiro atoms. The van der Waals surface area contributed by atoms with Gasteiger partial charge in [0.05, 0.1) is 10.6 Å². The van der Waals surface area contributed by atoms with Gasteiger partial charge in [-0.15, -0.1) is 0 Å². The third-order valence-electron chi connectivity index (χ3n) is 3.51. The van der Waals surface area contributed by atoms with Crippen LogP contribution in [0.3, 0.4) is 0 Å². The average Bonchev–Trinajstić information content (AvgIpc) is 2.52. The van der Waals surface area contributed by atoms with E-state index < -0.39 is 16.4 Å². The molecule has 0 bridgehead atoms. The maximum atomic E-state index is 12.1. The Morgan fingerprint density at radius 3 is 2.67 bits per heavy atom. The summed E-state index contributed by atoms with van der Waals surface area (Å²) in [5.41, 5.74) is 0.780.